The summed E-state index contributed by atoms with van der Waals surface area (Å²) in [5.74, 6) is 0. The molecule has 3 nitrogen and oxygen atoms in total. The van der Waals surface area contributed by atoms with Gasteiger partial charge in [-0.1, -0.05) is 182 Å². The largest absolute Gasteiger partial charge is 0.484 e. The van der Waals surface area contributed by atoms with Gasteiger partial charge in [-0.3, -0.25) is 0 Å². The molecule has 6 aromatic carbocycles. The Labute approximate surface area is 263 Å². The highest BCUT2D eigenvalue weighted by Gasteiger charge is 2.30. The van der Waals surface area contributed by atoms with E-state index in [2.05, 4.69) is 121 Å². The lowest BCUT2D eigenvalue weighted by molar-refractivity contribution is 0.344. The first kappa shape index (κ1) is 30.8. The highest BCUT2D eigenvalue weighted by Crippen LogP contribution is 2.01. The molecule has 0 unspecified atom stereocenters. The zero-order valence-electron chi connectivity index (χ0n) is 24.9. The molecule has 0 aliphatic rings. The van der Waals surface area contributed by atoms with Crippen molar-refractivity contribution in [1.29, 1.82) is 0 Å². The maximum atomic E-state index is 6.79. The first-order chi connectivity index (χ1) is 21.8. The van der Waals surface area contributed by atoms with Crippen LogP contribution in [0.2, 0.25) is 0 Å². The molecule has 6 aromatic rings. The van der Waals surface area contributed by atoms with Crippen molar-refractivity contribution in [2.24, 2.45) is 5.73 Å². The molecule has 44 heavy (non-hydrogen) atoms. The molecule has 0 spiro atoms. The third-order valence-corrected chi connectivity index (χ3v) is 7.29. The van der Waals surface area contributed by atoms with Gasteiger partial charge in [0.25, 0.3) is 0 Å². The minimum Gasteiger partial charge on any atom is -0.484 e. The zero-order chi connectivity index (χ0) is 30.2. The van der Waals surface area contributed by atoms with Gasteiger partial charge in [-0.2, -0.15) is 0 Å². The second kappa shape index (κ2) is 16.9. The SMILES string of the molecule is NCCOB(c1ccccc1)c1ccccc1.c1ccc(B(OB(c2ccccc2)c2ccccc2)c2ccccc2)cc1. The number of nitrogens with two attached hydrogens (primary N) is 1. The lowest BCUT2D eigenvalue weighted by atomic mass is 9.47. The highest BCUT2D eigenvalue weighted by atomic mass is 16.4. The Morgan fingerprint density at radius 2 is 0.568 bits per heavy atom. The van der Waals surface area contributed by atoms with Crippen LogP contribution in [-0.4, -0.2) is 33.9 Å². The van der Waals surface area contributed by atoms with Gasteiger partial charge in [0, 0.05) is 13.2 Å². The molecule has 0 aliphatic carbocycles. The van der Waals surface area contributed by atoms with E-state index in [1.165, 1.54) is 0 Å². The van der Waals surface area contributed by atoms with Crippen molar-refractivity contribution >= 4 is 53.5 Å². The van der Waals surface area contributed by atoms with E-state index in [4.69, 9.17) is 15.0 Å². The average molecular weight is 571 g/mol. The maximum Gasteiger partial charge on any atom is 0.361 e. The van der Waals surface area contributed by atoms with Crippen molar-refractivity contribution in [3.8, 4) is 0 Å². The summed E-state index contributed by atoms with van der Waals surface area (Å²) < 4.78 is 12.6. The Bertz CT molecular complexity index is 1410. The lowest BCUT2D eigenvalue weighted by Gasteiger charge is -2.22. The van der Waals surface area contributed by atoms with E-state index >= 15 is 0 Å². The van der Waals surface area contributed by atoms with Gasteiger partial charge < -0.3 is 15.0 Å². The summed E-state index contributed by atoms with van der Waals surface area (Å²) in [4.78, 5) is 0. The van der Waals surface area contributed by atoms with Crippen molar-refractivity contribution < 1.29 is 9.23 Å². The highest BCUT2D eigenvalue weighted by molar-refractivity contribution is 6.91. The normalized spacial score (nSPS) is 10.3. The van der Waals surface area contributed by atoms with Crippen molar-refractivity contribution in [3.05, 3.63) is 182 Å². The van der Waals surface area contributed by atoms with Crippen molar-refractivity contribution in [2.75, 3.05) is 13.2 Å². The first-order valence-electron chi connectivity index (χ1n) is 15.1. The Hall–Kier alpha value is -4.61. The predicted molar refractivity (Wildman–Crippen MR) is 190 cm³/mol. The number of rotatable bonds is 11. The molecule has 2 N–H and O–H groups in total. The van der Waals surface area contributed by atoms with Gasteiger partial charge in [0.05, 0.1) is 0 Å². The number of hydrogen-bond acceptors (Lipinski definition) is 3. The standard InChI is InChI=1S/C24H20B2O.C14H16BNO/c1-5-13-21(14-6-1)25(22-15-7-2-8-16-22)27-26(23-17-9-3-10-18-23)24-19-11-4-12-20-24;16-11-12-17-15(13-7-3-1-4-8-13)14-9-5-2-6-10-14/h1-20H;1-10H,11-12,16H2. The van der Waals surface area contributed by atoms with Crippen molar-refractivity contribution in [3.63, 3.8) is 0 Å². The van der Waals surface area contributed by atoms with E-state index in [0.29, 0.717) is 13.2 Å². The Kier molecular flexibility index (Phi) is 11.8. The molecular weight excluding hydrogens is 535 g/mol. The molecule has 214 valence electrons. The lowest BCUT2D eigenvalue weighted by Crippen LogP contribution is -2.55. The summed E-state index contributed by atoms with van der Waals surface area (Å²) in [6, 6.07) is 62.1. The van der Waals surface area contributed by atoms with Gasteiger partial charge in [0.2, 0.25) is 0 Å². The molecule has 0 aliphatic heterocycles. The van der Waals surface area contributed by atoms with E-state index in [9.17, 15) is 0 Å². The van der Waals surface area contributed by atoms with E-state index in [1.54, 1.807) is 0 Å². The molecule has 0 bridgehead atoms. The fraction of sp³-hybridized carbons (Fsp3) is 0.0526. The van der Waals surface area contributed by atoms with Gasteiger partial charge in [-0.05, 0) is 32.8 Å². The molecule has 0 saturated carbocycles. The first-order valence-corrected chi connectivity index (χ1v) is 15.1. The average Bonchev–Trinajstić information content (AvgIpc) is 3.12. The third kappa shape index (κ3) is 8.71. The van der Waals surface area contributed by atoms with Crippen LogP contribution in [0.1, 0.15) is 0 Å². The van der Waals surface area contributed by atoms with Crippen LogP contribution < -0.4 is 38.5 Å². The summed E-state index contributed by atoms with van der Waals surface area (Å²) in [6.07, 6.45) is 0. The van der Waals surface area contributed by atoms with Gasteiger partial charge >= 0.3 is 20.7 Å². The number of benzene rings is 6. The van der Waals surface area contributed by atoms with E-state index in [-0.39, 0.29) is 20.7 Å². The van der Waals surface area contributed by atoms with Crippen LogP contribution >= 0.6 is 0 Å². The summed E-state index contributed by atoms with van der Waals surface area (Å²) in [5.41, 5.74) is 12.4. The second-order valence-electron chi connectivity index (χ2n) is 10.4. The van der Waals surface area contributed by atoms with E-state index in [0.717, 1.165) is 32.8 Å². The zero-order valence-corrected chi connectivity index (χ0v) is 24.9. The fourth-order valence-electron chi connectivity index (χ4n) is 5.17. The summed E-state index contributed by atoms with van der Waals surface area (Å²) in [7, 11) is 0. The van der Waals surface area contributed by atoms with Gasteiger partial charge in [0.15, 0.2) is 0 Å². The molecule has 0 amide bonds. The van der Waals surface area contributed by atoms with E-state index in [1.807, 2.05) is 60.7 Å². The Morgan fingerprint density at radius 1 is 0.341 bits per heavy atom. The molecule has 0 aromatic heterocycles. The van der Waals surface area contributed by atoms with Crippen LogP contribution in [-0.2, 0) is 9.23 Å². The van der Waals surface area contributed by atoms with Gasteiger partial charge in [0.1, 0.15) is 0 Å². The van der Waals surface area contributed by atoms with Gasteiger partial charge in [-0.25, -0.2) is 0 Å². The smallest absolute Gasteiger partial charge is 0.361 e. The van der Waals surface area contributed by atoms with E-state index < -0.39 is 0 Å². The quantitative estimate of drug-likeness (QED) is 0.243. The van der Waals surface area contributed by atoms with Crippen LogP contribution in [0.5, 0.6) is 0 Å². The molecule has 0 heterocycles. The number of hydrogen-bond donors (Lipinski definition) is 1. The van der Waals surface area contributed by atoms with Crippen molar-refractivity contribution in [1.82, 2.24) is 0 Å². The maximum absolute atomic E-state index is 6.79. The molecule has 6 rings (SSSR count). The summed E-state index contributed by atoms with van der Waals surface area (Å²) >= 11 is 0. The predicted octanol–water partition coefficient (Wildman–Crippen LogP) is 3.38. The third-order valence-electron chi connectivity index (χ3n) is 7.29. The van der Waals surface area contributed by atoms with Crippen LogP contribution in [0.25, 0.3) is 0 Å². The van der Waals surface area contributed by atoms with Gasteiger partial charge in [-0.15, -0.1) is 0 Å². The minimum absolute atomic E-state index is 0.0269. The molecular formula is C38H36B3NO2. The molecule has 0 fully saturated rings. The van der Waals surface area contributed by atoms with Crippen LogP contribution in [0, 0.1) is 0 Å². The molecule has 0 radical (unpaired) electrons. The topological polar surface area (TPSA) is 44.5 Å². The van der Waals surface area contributed by atoms with Crippen LogP contribution in [0.15, 0.2) is 182 Å². The van der Waals surface area contributed by atoms with Crippen LogP contribution in [0.4, 0.5) is 0 Å². The summed E-state index contributed by atoms with van der Waals surface area (Å²) in [5, 5.41) is 0. The molecule has 0 atom stereocenters. The van der Waals surface area contributed by atoms with Crippen LogP contribution in [0.3, 0.4) is 0 Å². The fourth-order valence-corrected chi connectivity index (χ4v) is 5.17. The monoisotopic (exact) mass is 571 g/mol. The summed E-state index contributed by atoms with van der Waals surface area (Å²) in [6.45, 7) is 0.793. The molecule has 6 heteroatoms. The second-order valence-corrected chi connectivity index (χ2v) is 10.4. The minimum atomic E-state index is -0.141. The van der Waals surface area contributed by atoms with Crippen molar-refractivity contribution in [2.45, 2.75) is 0 Å². The Balaban J connectivity index is 0.000000195. The molecule has 0 saturated heterocycles. The Morgan fingerprint density at radius 3 is 0.795 bits per heavy atom.